The molecule has 19 heavy (non-hydrogen) atoms. The maximum absolute atomic E-state index is 13.3. The van der Waals surface area contributed by atoms with E-state index >= 15 is 0 Å². The lowest BCUT2D eigenvalue weighted by molar-refractivity contribution is 0.547. The van der Waals surface area contributed by atoms with Crippen molar-refractivity contribution in [3.63, 3.8) is 0 Å². The Morgan fingerprint density at radius 3 is 2.89 bits per heavy atom. The molecule has 0 saturated heterocycles. The van der Waals surface area contributed by atoms with Crippen LogP contribution in [-0.4, -0.2) is 25.7 Å². The minimum absolute atomic E-state index is 0.119. The van der Waals surface area contributed by atoms with Crippen molar-refractivity contribution in [1.82, 2.24) is 5.32 Å². The predicted molar refractivity (Wildman–Crippen MR) is 79.3 cm³/mol. The minimum atomic E-state index is -0.119. The summed E-state index contributed by atoms with van der Waals surface area (Å²) < 4.78 is 13.3. The topological polar surface area (TPSA) is 15.3 Å². The average molecular weight is 264 g/mol. The van der Waals surface area contributed by atoms with Crippen LogP contribution in [0, 0.1) is 5.82 Å². The summed E-state index contributed by atoms with van der Waals surface area (Å²) in [5.41, 5.74) is 2.41. The van der Waals surface area contributed by atoms with Crippen LogP contribution in [0.15, 0.2) is 18.2 Å². The number of rotatable bonds is 7. The van der Waals surface area contributed by atoms with Gasteiger partial charge in [-0.3, -0.25) is 0 Å². The third-order valence-electron chi connectivity index (χ3n) is 3.70. The van der Waals surface area contributed by atoms with Gasteiger partial charge in [-0.1, -0.05) is 26.3 Å². The van der Waals surface area contributed by atoms with E-state index in [0.29, 0.717) is 6.04 Å². The minimum Gasteiger partial charge on any atom is -0.371 e. The summed E-state index contributed by atoms with van der Waals surface area (Å²) in [5, 5.41) is 3.43. The summed E-state index contributed by atoms with van der Waals surface area (Å²) in [4.78, 5) is 2.33. The molecule has 1 heterocycles. The summed E-state index contributed by atoms with van der Waals surface area (Å²) in [6.45, 7) is 7.55. The summed E-state index contributed by atoms with van der Waals surface area (Å²) in [5.74, 6) is -0.119. The number of nitrogens with zero attached hydrogens (tertiary/aromatic N) is 1. The number of nitrogens with one attached hydrogen (secondary N) is 1. The van der Waals surface area contributed by atoms with Gasteiger partial charge in [0, 0.05) is 24.8 Å². The molecule has 1 aliphatic heterocycles. The van der Waals surface area contributed by atoms with Crippen LogP contribution in [0.2, 0.25) is 0 Å². The fraction of sp³-hybridized carbons (Fsp3) is 0.625. The summed E-state index contributed by atoms with van der Waals surface area (Å²) in [6, 6.07) is 5.76. The van der Waals surface area contributed by atoms with E-state index in [1.807, 2.05) is 6.07 Å². The lowest BCUT2D eigenvalue weighted by Crippen LogP contribution is -2.24. The Labute approximate surface area is 116 Å². The molecule has 0 unspecified atom stereocenters. The van der Waals surface area contributed by atoms with Crippen LogP contribution in [0.4, 0.5) is 10.1 Å². The van der Waals surface area contributed by atoms with Gasteiger partial charge >= 0.3 is 0 Å². The molecule has 0 amide bonds. The van der Waals surface area contributed by atoms with Gasteiger partial charge in [0.25, 0.3) is 0 Å². The lowest BCUT2D eigenvalue weighted by atomic mass is 10.1. The maximum Gasteiger partial charge on any atom is 0.125 e. The molecule has 0 atom stereocenters. The molecule has 0 fully saturated rings. The van der Waals surface area contributed by atoms with Crippen molar-refractivity contribution < 1.29 is 4.39 Å². The second-order valence-corrected chi connectivity index (χ2v) is 5.68. The van der Waals surface area contributed by atoms with Gasteiger partial charge in [0.15, 0.2) is 0 Å². The van der Waals surface area contributed by atoms with Crippen LogP contribution in [0.5, 0.6) is 0 Å². The first-order valence-corrected chi connectivity index (χ1v) is 7.43. The Kier molecular flexibility index (Phi) is 5.20. The van der Waals surface area contributed by atoms with Crippen LogP contribution < -0.4 is 10.2 Å². The third-order valence-corrected chi connectivity index (χ3v) is 3.70. The van der Waals surface area contributed by atoms with Gasteiger partial charge < -0.3 is 10.2 Å². The number of hydrogen-bond acceptors (Lipinski definition) is 2. The SMILES string of the molecule is CC(C)NCCCCCN1CCc2ccc(F)cc21. The number of benzene rings is 1. The number of hydrogen-bond donors (Lipinski definition) is 1. The van der Waals surface area contributed by atoms with Gasteiger partial charge in [0.05, 0.1) is 0 Å². The molecule has 2 nitrogen and oxygen atoms in total. The molecule has 1 N–H and O–H groups in total. The number of unbranched alkanes of at least 4 members (excludes halogenated alkanes) is 2. The van der Waals surface area contributed by atoms with E-state index < -0.39 is 0 Å². The van der Waals surface area contributed by atoms with Crippen molar-refractivity contribution >= 4 is 5.69 Å². The first kappa shape index (κ1) is 14.3. The molecule has 0 bridgehead atoms. The zero-order valence-corrected chi connectivity index (χ0v) is 12.1. The predicted octanol–water partition coefficient (Wildman–Crippen LogP) is 3.36. The molecule has 0 aliphatic carbocycles. The average Bonchev–Trinajstić information content (AvgIpc) is 2.76. The Morgan fingerprint density at radius 1 is 1.26 bits per heavy atom. The second-order valence-electron chi connectivity index (χ2n) is 5.68. The van der Waals surface area contributed by atoms with E-state index in [4.69, 9.17) is 0 Å². The van der Waals surface area contributed by atoms with Gasteiger partial charge in [0.1, 0.15) is 5.82 Å². The molecule has 0 spiro atoms. The van der Waals surface area contributed by atoms with Crippen LogP contribution in [0.3, 0.4) is 0 Å². The highest BCUT2D eigenvalue weighted by Crippen LogP contribution is 2.28. The molecule has 1 aromatic carbocycles. The molecule has 0 radical (unpaired) electrons. The summed E-state index contributed by atoms with van der Waals surface area (Å²) in [7, 11) is 0. The highest BCUT2D eigenvalue weighted by molar-refractivity contribution is 5.57. The monoisotopic (exact) mass is 264 g/mol. The van der Waals surface area contributed by atoms with Crippen molar-refractivity contribution in [1.29, 1.82) is 0 Å². The summed E-state index contributed by atoms with van der Waals surface area (Å²) in [6.07, 6.45) is 4.71. The Hall–Kier alpha value is -1.09. The highest BCUT2D eigenvalue weighted by atomic mass is 19.1. The number of anilines is 1. The Morgan fingerprint density at radius 2 is 2.11 bits per heavy atom. The largest absolute Gasteiger partial charge is 0.371 e. The van der Waals surface area contributed by atoms with E-state index in [1.165, 1.54) is 24.8 Å². The quantitative estimate of drug-likeness (QED) is 0.760. The van der Waals surface area contributed by atoms with Crippen molar-refractivity contribution in [2.24, 2.45) is 0 Å². The van der Waals surface area contributed by atoms with Crippen LogP contribution in [0.1, 0.15) is 38.7 Å². The lowest BCUT2D eigenvalue weighted by Gasteiger charge is -2.19. The molecule has 106 valence electrons. The second kappa shape index (κ2) is 6.90. The van der Waals surface area contributed by atoms with E-state index in [2.05, 4.69) is 24.1 Å². The number of halogens is 1. The first-order valence-electron chi connectivity index (χ1n) is 7.43. The standard InChI is InChI=1S/C16H25FN2/c1-13(2)18-9-4-3-5-10-19-11-8-14-6-7-15(17)12-16(14)19/h6-7,12-13,18H,3-5,8-11H2,1-2H3. The molecule has 0 aromatic heterocycles. The smallest absolute Gasteiger partial charge is 0.125 e. The van der Waals surface area contributed by atoms with E-state index in [1.54, 1.807) is 12.1 Å². The normalized spacial score (nSPS) is 14.2. The molecular formula is C16H25FN2. The fourth-order valence-electron chi connectivity index (χ4n) is 2.65. The third kappa shape index (κ3) is 4.20. The van der Waals surface area contributed by atoms with E-state index in [0.717, 1.165) is 31.7 Å². The van der Waals surface area contributed by atoms with Crippen molar-refractivity contribution in [3.8, 4) is 0 Å². The molecule has 1 aliphatic rings. The molecule has 2 rings (SSSR count). The molecular weight excluding hydrogens is 239 g/mol. The van der Waals surface area contributed by atoms with E-state index in [-0.39, 0.29) is 5.82 Å². The Bertz CT molecular complexity index is 404. The van der Waals surface area contributed by atoms with Gasteiger partial charge in [-0.25, -0.2) is 4.39 Å². The molecule has 3 heteroatoms. The van der Waals surface area contributed by atoms with Gasteiger partial charge in [-0.15, -0.1) is 0 Å². The highest BCUT2D eigenvalue weighted by Gasteiger charge is 2.18. The van der Waals surface area contributed by atoms with Crippen LogP contribution in [-0.2, 0) is 6.42 Å². The van der Waals surface area contributed by atoms with Gasteiger partial charge in [-0.2, -0.15) is 0 Å². The Balaban J connectivity index is 1.70. The van der Waals surface area contributed by atoms with E-state index in [9.17, 15) is 4.39 Å². The van der Waals surface area contributed by atoms with Crippen molar-refractivity contribution in [2.45, 2.75) is 45.6 Å². The van der Waals surface area contributed by atoms with Crippen LogP contribution >= 0.6 is 0 Å². The fourth-order valence-corrected chi connectivity index (χ4v) is 2.65. The molecule has 1 aromatic rings. The molecule has 0 saturated carbocycles. The zero-order chi connectivity index (χ0) is 13.7. The zero-order valence-electron chi connectivity index (χ0n) is 12.1. The summed E-state index contributed by atoms with van der Waals surface area (Å²) >= 11 is 0. The van der Waals surface area contributed by atoms with Gasteiger partial charge in [0.2, 0.25) is 0 Å². The number of fused-ring (bicyclic) bond motifs is 1. The van der Waals surface area contributed by atoms with Crippen molar-refractivity contribution in [3.05, 3.63) is 29.6 Å². The first-order chi connectivity index (χ1) is 9.16. The van der Waals surface area contributed by atoms with Crippen LogP contribution in [0.25, 0.3) is 0 Å². The van der Waals surface area contributed by atoms with Gasteiger partial charge in [-0.05, 0) is 43.5 Å². The maximum atomic E-state index is 13.3. The van der Waals surface area contributed by atoms with Crippen molar-refractivity contribution in [2.75, 3.05) is 24.5 Å².